The third-order valence-electron chi connectivity index (χ3n) is 2.22. The van der Waals surface area contributed by atoms with Crippen LogP contribution in [0.5, 0.6) is 0 Å². The molecule has 0 radical (unpaired) electrons. The molecule has 3 N–H and O–H groups in total. The van der Waals surface area contributed by atoms with Crippen molar-refractivity contribution in [3.8, 4) is 0 Å². The van der Waals surface area contributed by atoms with E-state index in [2.05, 4.69) is 22.8 Å². The van der Waals surface area contributed by atoms with E-state index in [4.69, 9.17) is 18.0 Å². The summed E-state index contributed by atoms with van der Waals surface area (Å²) in [6, 6.07) is 12.0. The highest BCUT2D eigenvalue weighted by Gasteiger charge is 1.97. The number of thiocarbonyl (C=S) groups is 1. The van der Waals surface area contributed by atoms with Gasteiger partial charge in [-0.2, -0.15) is 0 Å². The van der Waals surface area contributed by atoms with E-state index in [1.165, 1.54) is 4.88 Å². The average Bonchev–Trinajstić information content (AvgIpc) is 2.80. The van der Waals surface area contributed by atoms with Gasteiger partial charge in [0.2, 0.25) is 0 Å². The standard InChI is InChI=1S/C12H12N2S2/c13-12(15)9-3-5-10(6-4-9)14-8-11-2-1-7-16-11/h1-7,14H,8H2,(H2,13,15). The van der Waals surface area contributed by atoms with Gasteiger partial charge in [-0.3, -0.25) is 0 Å². The van der Waals surface area contributed by atoms with E-state index in [0.29, 0.717) is 4.99 Å². The third-order valence-corrected chi connectivity index (χ3v) is 3.33. The number of hydrogen-bond acceptors (Lipinski definition) is 3. The van der Waals surface area contributed by atoms with E-state index < -0.39 is 0 Å². The first kappa shape index (κ1) is 11.1. The van der Waals surface area contributed by atoms with Crippen LogP contribution >= 0.6 is 23.6 Å². The number of benzene rings is 1. The van der Waals surface area contributed by atoms with Crippen LogP contribution in [0.1, 0.15) is 10.4 Å². The van der Waals surface area contributed by atoms with Crippen LogP contribution in [0.3, 0.4) is 0 Å². The molecule has 0 atom stereocenters. The molecule has 2 nitrogen and oxygen atoms in total. The molecule has 1 heterocycles. The van der Waals surface area contributed by atoms with E-state index >= 15 is 0 Å². The zero-order valence-electron chi connectivity index (χ0n) is 8.64. The van der Waals surface area contributed by atoms with Crippen molar-refractivity contribution < 1.29 is 0 Å². The zero-order chi connectivity index (χ0) is 11.4. The van der Waals surface area contributed by atoms with Crippen LogP contribution in [0, 0.1) is 0 Å². The Bertz CT molecular complexity index is 460. The predicted octanol–water partition coefficient (Wildman–Crippen LogP) is 2.99. The van der Waals surface area contributed by atoms with Crippen LogP contribution in [0.15, 0.2) is 41.8 Å². The van der Waals surface area contributed by atoms with E-state index in [0.717, 1.165) is 17.8 Å². The van der Waals surface area contributed by atoms with Crippen molar-refractivity contribution in [2.45, 2.75) is 6.54 Å². The Morgan fingerprint density at radius 2 is 2.00 bits per heavy atom. The van der Waals surface area contributed by atoms with Crippen molar-refractivity contribution >= 4 is 34.2 Å². The number of anilines is 1. The molecule has 0 saturated heterocycles. The smallest absolute Gasteiger partial charge is 0.103 e. The number of hydrogen-bond donors (Lipinski definition) is 2. The highest BCUT2D eigenvalue weighted by atomic mass is 32.1. The molecule has 0 bridgehead atoms. The first-order chi connectivity index (χ1) is 7.75. The average molecular weight is 248 g/mol. The Morgan fingerprint density at radius 1 is 1.25 bits per heavy atom. The molecular formula is C12H12N2S2. The Hall–Kier alpha value is -1.39. The molecule has 0 spiro atoms. The number of nitrogens with two attached hydrogens (primary N) is 1. The van der Waals surface area contributed by atoms with Gasteiger partial charge in [0.25, 0.3) is 0 Å². The molecule has 1 aromatic heterocycles. The van der Waals surface area contributed by atoms with Gasteiger partial charge in [0.05, 0.1) is 0 Å². The maximum Gasteiger partial charge on any atom is 0.103 e. The summed E-state index contributed by atoms with van der Waals surface area (Å²) in [5, 5.41) is 5.42. The summed E-state index contributed by atoms with van der Waals surface area (Å²) in [6.45, 7) is 0.851. The first-order valence-electron chi connectivity index (χ1n) is 4.92. The van der Waals surface area contributed by atoms with E-state index in [1.54, 1.807) is 11.3 Å². The lowest BCUT2D eigenvalue weighted by Gasteiger charge is -2.05. The molecule has 1 aromatic carbocycles. The largest absolute Gasteiger partial charge is 0.389 e. The summed E-state index contributed by atoms with van der Waals surface area (Å²) < 4.78 is 0. The van der Waals surface area contributed by atoms with Gasteiger partial charge in [-0.25, -0.2) is 0 Å². The minimum Gasteiger partial charge on any atom is -0.389 e. The van der Waals surface area contributed by atoms with Crippen molar-refractivity contribution in [2.24, 2.45) is 5.73 Å². The Balaban J connectivity index is 1.98. The monoisotopic (exact) mass is 248 g/mol. The highest BCUT2D eigenvalue weighted by molar-refractivity contribution is 7.80. The minimum atomic E-state index is 0.435. The molecule has 0 aliphatic heterocycles. The topological polar surface area (TPSA) is 38.0 Å². The quantitative estimate of drug-likeness (QED) is 0.817. The summed E-state index contributed by atoms with van der Waals surface area (Å²) in [4.78, 5) is 1.75. The molecule has 0 aliphatic rings. The van der Waals surface area contributed by atoms with Crippen molar-refractivity contribution in [1.29, 1.82) is 0 Å². The van der Waals surface area contributed by atoms with Gasteiger partial charge in [0.1, 0.15) is 4.99 Å². The lowest BCUT2D eigenvalue weighted by atomic mass is 10.2. The molecule has 2 aromatic rings. The lowest BCUT2D eigenvalue weighted by Crippen LogP contribution is -2.09. The van der Waals surface area contributed by atoms with Crippen LogP contribution in [0.2, 0.25) is 0 Å². The summed E-state index contributed by atoms with van der Waals surface area (Å²) in [5.41, 5.74) is 7.50. The second-order valence-corrected chi connectivity index (χ2v) is 4.85. The fraction of sp³-hybridized carbons (Fsp3) is 0.0833. The molecule has 0 aliphatic carbocycles. The van der Waals surface area contributed by atoms with Crippen molar-refractivity contribution in [2.75, 3.05) is 5.32 Å². The number of rotatable bonds is 4. The normalized spacial score (nSPS) is 10.0. The van der Waals surface area contributed by atoms with Gasteiger partial charge in [0, 0.05) is 22.7 Å². The van der Waals surface area contributed by atoms with Crippen molar-refractivity contribution in [1.82, 2.24) is 0 Å². The number of thiophene rings is 1. The molecule has 82 valence electrons. The molecule has 0 unspecified atom stereocenters. The summed E-state index contributed by atoms with van der Waals surface area (Å²) >= 11 is 6.64. The fourth-order valence-corrected chi connectivity index (χ4v) is 2.14. The van der Waals surface area contributed by atoms with Gasteiger partial charge < -0.3 is 11.1 Å². The van der Waals surface area contributed by atoms with Crippen molar-refractivity contribution in [3.05, 3.63) is 52.2 Å². The van der Waals surface area contributed by atoms with Crippen LogP contribution in [-0.4, -0.2) is 4.99 Å². The second-order valence-electron chi connectivity index (χ2n) is 3.37. The van der Waals surface area contributed by atoms with E-state index in [9.17, 15) is 0 Å². The second kappa shape index (κ2) is 5.09. The zero-order valence-corrected chi connectivity index (χ0v) is 10.3. The molecule has 16 heavy (non-hydrogen) atoms. The highest BCUT2D eigenvalue weighted by Crippen LogP contribution is 2.13. The van der Waals surface area contributed by atoms with Crippen molar-refractivity contribution in [3.63, 3.8) is 0 Å². The minimum absolute atomic E-state index is 0.435. The van der Waals surface area contributed by atoms with Crippen LogP contribution in [0.25, 0.3) is 0 Å². The molecule has 2 rings (SSSR count). The van der Waals surface area contributed by atoms with Gasteiger partial charge in [-0.1, -0.05) is 18.3 Å². The van der Waals surface area contributed by atoms with Gasteiger partial charge in [-0.15, -0.1) is 11.3 Å². The van der Waals surface area contributed by atoms with Gasteiger partial charge >= 0.3 is 0 Å². The molecule has 0 saturated carbocycles. The van der Waals surface area contributed by atoms with Crippen LogP contribution < -0.4 is 11.1 Å². The third kappa shape index (κ3) is 2.81. The molecule has 0 amide bonds. The Morgan fingerprint density at radius 3 is 2.56 bits per heavy atom. The molecule has 4 heteroatoms. The van der Waals surface area contributed by atoms with Crippen LogP contribution in [0.4, 0.5) is 5.69 Å². The summed E-state index contributed by atoms with van der Waals surface area (Å²) in [6.07, 6.45) is 0. The maximum atomic E-state index is 5.53. The summed E-state index contributed by atoms with van der Waals surface area (Å²) in [5.74, 6) is 0. The molecular weight excluding hydrogens is 236 g/mol. The lowest BCUT2D eigenvalue weighted by molar-refractivity contribution is 1.19. The van der Waals surface area contributed by atoms with Gasteiger partial charge in [0.15, 0.2) is 0 Å². The SMILES string of the molecule is NC(=S)c1ccc(NCc2cccs2)cc1. The van der Waals surface area contributed by atoms with Crippen LogP contribution in [-0.2, 0) is 6.54 Å². The van der Waals surface area contributed by atoms with E-state index in [-0.39, 0.29) is 0 Å². The van der Waals surface area contributed by atoms with E-state index in [1.807, 2.05) is 24.3 Å². The van der Waals surface area contributed by atoms with Gasteiger partial charge in [-0.05, 0) is 35.7 Å². The molecule has 0 fully saturated rings. The predicted molar refractivity (Wildman–Crippen MR) is 74.0 cm³/mol. The maximum absolute atomic E-state index is 5.53. The first-order valence-corrected chi connectivity index (χ1v) is 6.20. The fourth-order valence-electron chi connectivity index (χ4n) is 1.35. The number of nitrogens with one attached hydrogen (secondary N) is 1. The Kier molecular flexibility index (Phi) is 3.54. The Labute approximate surface area is 104 Å². The summed E-state index contributed by atoms with van der Waals surface area (Å²) in [7, 11) is 0.